The molecular weight excluding hydrogens is 280 g/mol. The van der Waals surface area contributed by atoms with Crippen LogP contribution in [0.2, 0.25) is 0 Å². The van der Waals surface area contributed by atoms with Gasteiger partial charge >= 0.3 is 0 Å². The zero-order valence-corrected chi connectivity index (χ0v) is 13.9. The summed E-state index contributed by atoms with van der Waals surface area (Å²) in [6.45, 7) is 9.65. The smallest absolute Gasteiger partial charge is 0.124 e. The van der Waals surface area contributed by atoms with Crippen LogP contribution in [0.25, 0.3) is 0 Å². The maximum Gasteiger partial charge on any atom is 0.124 e. The molecule has 1 saturated carbocycles. The van der Waals surface area contributed by atoms with Crippen LogP contribution >= 0.6 is 0 Å². The Morgan fingerprint density at radius 3 is 2.86 bits per heavy atom. The van der Waals surface area contributed by atoms with Gasteiger partial charge in [0.1, 0.15) is 11.3 Å². The van der Waals surface area contributed by atoms with Crippen molar-refractivity contribution in [3.05, 3.63) is 11.9 Å². The highest BCUT2D eigenvalue weighted by atomic mass is 16.5. The molecule has 22 heavy (non-hydrogen) atoms. The minimum atomic E-state index is -0.837. The van der Waals surface area contributed by atoms with Crippen molar-refractivity contribution in [2.45, 2.75) is 57.8 Å². The Bertz CT molecular complexity index is 498. The molecule has 2 fully saturated rings. The Morgan fingerprint density at radius 2 is 2.23 bits per heavy atom. The first kappa shape index (κ1) is 15.9. The summed E-state index contributed by atoms with van der Waals surface area (Å²) >= 11 is 0. The monoisotopic (exact) mass is 308 g/mol. The van der Waals surface area contributed by atoms with Crippen molar-refractivity contribution in [1.82, 2.24) is 19.9 Å². The van der Waals surface area contributed by atoms with E-state index < -0.39 is 5.60 Å². The van der Waals surface area contributed by atoms with Crippen LogP contribution in [-0.4, -0.2) is 57.3 Å². The fraction of sp³-hybridized carbons (Fsp3) is 0.875. The molecule has 124 valence electrons. The number of likely N-dealkylation sites (tertiary alicyclic amines) is 1. The molecule has 1 atom stereocenters. The number of aromatic nitrogens is 3. The van der Waals surface area contributed by atoms with Crippen LogP contribution in [0.4, 0.5) is 0 Å². The normalized spacial score (nSPS) is 32.6. The third-order valence-electron chi connectivity index (χ3n) is 4.95. The maximum atomic E-state index is 10.9. The van der Waals surface area contributed by atoms with Gasteiger partial charge in [0.25, 0.3) is 0 Å². The molecule has 1 saturated heterocycles. The van der Waals surface area contributed by atoms with Crippen molar-refractivity contribution in [3.63, 3.8) is 0 Å². The van der Waals surface area contributed by atoms with Crippen LogP contribution in [0.5, 0.6) is 0 Å². The largest absolute Gasteiger partial charge is 0.382 e. The molecule has 1 aliphatic carbocycles. The molecule has 1 aliphatic heterocycles. The van der Waals surface area contributed by atoms with E-state index in [2.05, 4.69) is 36.0 Å². The third-order valence-corrected chi connectivity index (χ3v) is 4.95. The molecule has 0 bridgehead atoms. The molecule has 2 aliphatic rings. The molecule has 0 spiro atoms. The van der Waals surface area contributed by atoms with E-state index in [0.29, 0.717) is 24.3 Å². The SMILES string of the molecule is CCOC1CC(CN2CCC(O)(c3cn(C(C)C)nn3)C2)C1. The summed E-state index contributed by atoms with van der Waals surface area (Å²) in [6.07, 6.45) is 5.41. The summed E-state index contributed by atoms with van der Waals surface area (Å²) in [5.41, 5.74) is -0.125. The summed E-state index contributed by atoms with van der Waals surface area (Å²) < 4.78 is 7.43. The van der Waals surface area contributed by atoms with Crippen LogP contribution < -0.4 is 0 Å². The molecule has 3 rings (SSSR count). The molecule has 2 heterocycles. The van der Waals surface area contributed by atoms with Gasteiger partial charge in [0, 0.05) is 32.3 Å². The van der Waals surface area contributed by atoms with Crippen molar-refractivity contribution in [2.75, 3.05) is 26.2 Å². The number of β-amino-alcohol motifs (C(OH)–C–C–N with tert-alkyl or cyclic N) is 1. The van der Waals surface area contributed by atoms with Gasteiger partial charge in [-0.3, -0.25) is 4.90 Å². The van der Waals surface area contributed by atoms with Gasteiger partial charge in [0.05, 0.1) is 12.3 Å². The molecule has 0 aromatic carbocycles. The summed E-state index contributed by atoms with van der Waals surface area (Å²) in [6, 6.07) is 0.271. The minimum Gasteiger partial charge on any atom is -0.382 e. The number of rotatable bonds is 6. The molecule has 6 heteroatoms. The van der Waals surface area contributed by atoms with Crippen LogP contribution in [0.3, 0.4) is 0 Å². The number of aliphatic hydroxyl groups is 1. The maximum absolute atomic E-state index is 10.9. The van der Waals surface area contributed by atoms with Crippen LogP contribution in [0.15, 0.2) is 6.20 Å². The van der Waals surface area contributed by atoms with E-state index in [-0.39, 0.29) is 6.04 Å². The van der Waals surface area contributed by atoms with Gasteiger partial charge in [-0.25, -0.2) is 4.68 Å². The van der Waals surface area contributed by atoms with Gasteiger partial charge in [0.15, 0.2) is 0 Å². The highest BCUT2D eigenvalue weighted by Gasteiger charge is 2.42. The Labute approximate surface area is 132 Å². The topological polar surface area (TPSA) is 63.4 Å². The number of hydrogen-bond acceptors (Lipinski definition) is 5. The summed E-state index contributed by atoms with van der Waals surface area (Å²) in [5, 5.41) is 19.2. The first-order chi connectivity index (χ1) is 10.5. The highest BCUT2D eigenvalue weighted by molar-refractivity contribution is 5.11. The zero-order valence-electron chi connectivity index (χ0n) is 13.9. The number of ether oxygens (including phenoxy) is 1. The van der Waals surface area contributed by atoms with E-state index in [4.69, 9.17) is 4.74 Å². The Kier molecular flexibility index (Phi) is 4.52. The molecule has 1 N–H and O–H groups in total. The van der Waals surface area contributed by atoms with Crippen LogP contribution in [0.1, 0.15) is 51.8 Å². The van der Waals surface area contributed by atoms with E-state index in [0.717, 1.165) is 39.0 Å². The summed E-state index contributed by atoms with van der Waals surface area (Å²) in [4.78, 5) is 2.36. The van der Waals surface area contributed by atoms with Crippen molar-refractivity contribution in [2.24, 2.45) is 5.92 Å². The third kappa shape index (κ3) is 3.19. The van der Waals surface area contributed by atoms with Gasteiger partial charge in [-0.15, -0.1) is 5.10 Å². The predicted molar refractivity (Wildman–Crippen MR) is 83.5 cm³/mol. The van der Waals surface area contributed by atoms with E-state index in [1.165, 1.54) is 0 Å². The van der Waals surface area contributed by atoms with Crippen LogP contribution in [0, 0.1) is 5.92 Å². The second kappa shape index (κ2) is 6.26. The Morgan fingerprint density at radius 1 is 1.45 bits per heavy atom. The first-order valence-electron chi connectivity index (χ1n) is 8.49. The lowest BCUT2D eigenvalue weighted by atomic mass is 9.82. The van der Waals surface area contributed by atoms with Gasteiger partial charge in [0.2, 0.25) is 0 Å². The first-order valence-corrected chi connectivity index (χ1v) is 8.49. The lowest BCUT2D eigenvalue weighted by Crippen LogP contribution is -2.40. The molecular formula is C16H28N4O2. The van der Waals surface area contributed by atoms with Crippen molar-refractivity contribution in [3.8, 4) is 0 Å². The minimum absolute atomic E-state index is 0.271. The quantitative estimate of drug-likeness (QED) is 0.864. The van der Waals surface area contributed by atoms with Gasteiger partial charge < -0.3 is 9.84 Å². The van der Waals surface area contributed by atoms with E-state index in [1.54, 1.807) is 0 Å². The highest BCUT2D eigenvalue weighted by Crippen LogP contribution is 2.35. The molecule has 0 radical (unpaired) electrons. The molecule has 1 aromatic heterocycles. The molecule has 1 aromatic rings. The van der Waals surface area contributed by atoms with Gasteiger partial charge in [-0.1, -0.05) is 5.21 Å². The zero-order chi connectivity index (χ0) is 15.7. The fourth-order valence-corrected chi connectivity index (χ4v) is 3.54. The molecule has 6 nitrogen and oxygen atoms in total. The number of nitrogens with zero attached hydrogens (tertiary/aromatic N) is 4. The van der Waals surface area contributed by atoms with E-state index in [9.17, 15) is 5.11 Å². The summed E-state index contributed by atoms with van der Waals surface area (Å²) in [5.74, 6) is 0.713. The van der Waals surface area contributed by atoms with Crippen molar-refractivity contribution in [1.29, 1.82) is 0 Å². The van der Waals surface area contributed by atoms with Gasteiger partial charge in [-0.2, -0.15) is 0 Å². The lowest BCUT2D eigenvalue weighted by molar-refractivity contribution is -0.0346. The number of hydrogen-bond donors (Lipinski definition) is 1. The molecule has 1 unspecified atom stereocenters. The Hall–Kier alpha value is -0.980. The lowest BCUT2D eigenvalue weighted by Gasteiger charge is -2.37. The van der Waals surface area contributed by atoms with E-state index >= 15 is 0 Å². The average molecular weight is 308 g/mol. The van der Waals surface area contributed by atoms with Crippen LogP contribution in [-0.2, 0) is 10.3 Å². The Balaban J connectivity index is 1.52. The predicted octanol–water partition coefficient (Wildman–Crippen LogP) is 1.57. The second-order valence-electron chi connectivity index (χ2n) is 7.11. The molecule has 0 amide bonds. The van der Waals surface area contributed by atoms with Gasteiger partial charge in [-0.05, 0) is 46.0 Å². The summed E-state index contributed by atoms with van der Waals surface area (Å²) in [7, 11) is 0. The van der Waals surface area contributed by atoms with E-state index in [1.807, 2.05) is 10.9 Å². The van der Waals surface area contributed by atoms with Crippen molar-refractivity contribution >= 4 is 0 Å². The standard InChI is InChI=1S/C16H28N4O2/c1-4-22-14-7-13(8-14)9-19-6-5-16(21,11-19)15-10-20(12(2)3)18-17-15/h10,12-14,21H,4-9,11H2,1-3H3. The fourth-order valence-electron chi connectivity index (χ4n) is 3.54. The van der Waals surface area contributed by atoms with Crippen molar-refractivity contribution < 1.29 is 9.84 Å². The average Bonchev–Trinajstić information content (AvgIpc) is 3.04. The second-order valence-corrected chi connectivity index (χ2v) is 7.11.